The molecule has 1 fully saturated rings. The highest BCUT2D eigenvalue weighted by atomic mass is 35.5. The number of anilines is 1. The first-order valence-electron chi connectivity index (χ1n) is 8.59. The predicted octanol–water partition coefficient (Wildman–Crippen LogP) is 2.90. The van der Waals surface area contributed by atoms with E-state index < -0.39 is 0 Å². The smallest absolute Gasteiger partial charge is 0.171 e. The van der Waals surface area contributed by atoms with E-state index >= 15 is 0 Å². The minimum Gasteiger partial charge on any atom is -0.370 e. The van der Waals surface area contributed by atoms with E-state index in [2.05, 4.69) is 34.9 Å². The monoisotopic (exact) mass is 410 g/mol. The number of benzene rings is 2. The van der Waals surface area contributed by atoms with Crippen LogP contribution in [-0.4, -0.2) is 31.4 Å². The first kappa shape index (κ1) is 19.4. The van der Waals surface area contributed by atoms with Gasteiger partial charge in [0.2, 0.25) is 0 Å². The molecule has 1 aliphatic heterocycles. The van der Waals surface area contributed by atoms with E-state index in [4.69, 9.17) is 40.2 Å². The fourth-order valence-electron chi connectivity index (χ4n) is 2.99. The van der Waals surface area contributed by atoms with Gasteiger partial charge in [0, 0.05) is 27.8 Å². The molecular formula is C19H22Cl2N3OS+. The molecule has 0 spiro atoms. The minimum atomic E-state index is 0.539. The van der Waals surface area contributed by atoms with Crippen LogP contribution in [0.2, 0.25) is 10.0 Å². The van der Waals surface area contributed by atoms with Gasteiger partial charge >= 0.3 is 0 Å². The average molecular weight is 411 g/mol. The van der Waals surface area contributed by atoms with E-state index in [0.717, 1.165) is 38.5 Å². The number of halogens is 2. The molecule has 138 valence electrons. The molecule has 0 aromatic heterocycles. The molecule has 0 atom stereocenters. The summed E-state index contributed by atoms with van der Waals surface area (Å²) in [6.07, 6.45) is 0. The number of rotatable bonds is 5. The highest BCUT2D eigenvalue weighted by Crippen LogP contribution is 2.22. The van der Waals surface area contributed by atoms with Crippen LogP contribution < -0.4 is 15.5 Å². The Bertz CT molecular complexity index is 746. The lowest BCUT2D eigenvalue weighted by atomic mass is 10.1. The van der Waals surface area contributed by atoms with Crippen molar-refractivity contribution in [2.24, 2.45) is 0 Å². The van der Waals surface area contributed by atoms with Gasteiger partial charge in [-0.3, -0.25) is 0 Å². The summed E-state index contributed by atoms with van der Waals surface area (Å²) in [6.45, 7) is 5.46. The molecule has 1 saturated heterocycles. The molecule has 1 heterocycles. The van der Waals surface area contributed by atoms with Crippen molar-refractivity contribution in [2.75, 3.05) is 31.6 Å². The summed E-state index contributed by atoms with van der Waals surface area (Å²) in [5.74, 6) is 0. The lowest BCUT2D eigenvalue weighted by molar-refractivity contribution is -0.921. The van der Waals surface area contributed by atoms with Gasteiger partial charge in [0.25, 0.3) is 0 Å². The fourth-order valence-corrected chi connectivity index (χ4v) is 3.70. The first-order valence-corrected chi connectivity index (χ1v) is 9.75. The van der Waals surface area contributed by atoms with Crippen molar-refractivity contribution in [3.05, 3.63) is 63.6 Å². The van der Waals surface area contributed by atoms with Crippen LogP contribution in [0.3, 0.4) is 0 Å². The second kappa shape index (κ2) is 9.53. The second-order valence-corrected chi connectivity index (χ2v) is 7.55. The number of morpholine rings is 1. The van der Waals surface area contributed by atoms with Crippen molar-refractivity contribution < 1.29 is 9.64 Å². The van der Waals surface area contributed by atoms with Crippen LogP contribution in [0.4, 0.5) is 5.69 Å². The third kappa shape index (κ3) is 5.83. The predicted molar refractivity (Wildman–Crippen MR) is 111 cm³/mol. The third-order valence-corrected chi connectivity index (χ3v) is 5.00. The van der Waals surface area contributed by atoms with Crippen LogP contribution in [0.5, 0.6) is 0 Å². The summed E-state index contributed by atoms with van der Waals surface area (Å²) in [4.78, 5) is 1.55. The Morgan fingerprint density at radius 3 is 2.38 bits per heavy atom. The molecule has 26 heavy (non-hydrogen) atoms. The molecule has 0 radical (unpaired) electrons. The summed E-state index contributed by atoms with van der Waals surface area (Å²) < 4.78 is 5.44. The Morgan fingerprint density at radius 2 is 1.69 bits per heavy atom. The second-order valence-electron chi connectivity index (χ2n) is 6.27. The highest BCUT2D eigenvalue weighted by molar-refractivity contribution is 7.80. The molecule has 3 rings (SSSR count). The van der Waals surface area contributed by atoms with Crippen molar-refractivity contribution in [2.45, 2.75) is 13.1 Å². The number of hydrogen-bond donors (Lipinski definition) is 3. The number of quaternary nitrogens is 1. The Labute approximate surface area is 169 Å². The molecule has 0 saturated carbocycles. The lowest BCUT2D eigenvalue weighted by Crippen LogP contribution is -3.12. The molecule has 2 aromatic carbocycles. The zero-order chi connectivity index (χ0) is 18.4. The van der Waals surface area contributed by atoms with Crippen LogP contribution in [0.1, 0.15) is 11.1 Å². The third-order valence-electron chi connectivity index (χ3n) is 4.32. The van der Waals surface area contributed by atoms with Crippen LogP contribution in [0.15, 0.2) is 42.5 Å². The molecule has 4 nitrogen and oxygen atoms in total. The number of thiocarbonyl (C=S) groups is 1. The molecule has 0 amide bonds. The van der Waals surface area contributed by atoms with Crippen LogP contribution in [0.25, 0.3) is 0 Å². The van der Waals surface area contributed by atoms with Gasteiger partial charge in [0.05, 0.1) is 13.2 Å². The molecule has 7 heteroatoms. The molecule has 0 unspecified atom stereocenters. The maximum absolute atomic E-state index is 6.02. The maximum Gasteiger partial charge on any atom is 0.171 e. The Kier molecular flexibility index (Phi) is 7.11. The number of ether oxygens (including phenoxy) is 1. The van der Waals surface area contributed by atoms with Gasteiger partial charge in [-0.15, -0.1) is 0 Å². The zero-order valence-electron chi connectivity index (χ0n) is 14.4. The quantitative estimate of drug-likeness (QED) is 0.662. The topological polar surface area (TPSA) is 37.7 Å². The van der Waals surface area contributed by atoms with Gasteiger partial charge in [-0.1, -0.05) is 47.5 Å². The molecule has 0 aliphatic carbocycles. The van der Waals surface area contributed by atoms with Gasteiger partial charge in [-0.2, -0.15) is 0 Å². The van der Waals surface area contributed by atoms with Crippen molar-refractivity contribution >= 4 is 46.2 Å². The summed E-state index contributed by atoms with van der Waals surface area (Å²) in [5, 5.41) is 8.07. The van der Waals surface area contributed by atoms with Gasteiger partial charge in [-0.25, -0.2) is 0 Å². The van der Waals surface area contributed by atoms with E-state index in [1.807, 2.05) is 0 Å². The SMILES string of the molecule is S=C(NCc1ccccc1C[NH+]1CCOCC1)Nc1cc(Cl)cc(Cl)c1. The largest absolute Gasteiger partial charge is 0.370 e. The number of hydrogen-bond acceptors (Lipinski definition) is 2. The molecule has 0 bridgehead atoms. The molecule has 2 aromatic rings. The average Bonchev–Trinajstić information content (AvgIpc) is 2.61. The fraction of sp³-hybridized carbons (Fsp3) is 0.316. The van der Waals surface area contributed by atoms with Gasteiger partial charge in [0.1, 0.15) is 19.6 Å². The lowest BCUT2D eigenvalue weighted by Gasteiger charge is -2.24. The summed E-state index contributed by atoms with van der Waals surface area (Å²) in [6, 6.07) is 13.7. The van der Waals surface area contributed by atoms with Crippen molar-refractivity contribution in [1.82, 2.24) is 5.32 Å². The zero-order valence-corrected chi connectivity index (χ0v) is 16.7. The van der Waals surface area contributed by atoms with Crippen LogP contribution >= 0.6 is 35.4 Å². The van der Waals surface area contributed by atoms with Crippen LogP contribution in [0, 0.1) is 0 Å². The van der Waals surface area contributed by atoms with E-state index in [-0.39, 0.29) is 0 Å². The summed E-state index contributed by atoms with van der Waals surface area (Å²) in [7, 11) is 0. The van der Waals surface area contributed by atoms with Gasteiger partial charge in [-0.05, 0) is 36.0 Å². The van der Waals surface area contributed by atoms with E-state index in [9.17, 15) is 0 Å². The van der Waals surface area contributed by atoms with Crippen molar-refractivity contribution in [1.29, 1.82) is 0 Å². The molecular weight excluding hydrogens is 389 g/mol. The van der Waals surface area contributed by atoms with E-state index in [0.29, 0.717) is 21.7 Å². The Balaban J connectivity index is 1.57. The normalized spacial score (nSPS) is 14.8. The summed E-state index contributed by atoms with van der Waals surface area (Å²) in [5.41, 5.74) is 3.36. The standard InChI is InChI=1S/C19H21Cl2N3OS/c20-16-9-17(21)11-18(10-16)23-19(26)22-12-14-3-1-2-4-15(14)13-24-5-7-25-8-6-24/h1-4,9-11H,5-8,12-13H2,(H2,22,23,26)/p+1. The highest BCUT2D eigenvalue weighted by Gasteiger charge is 2.15. The van der Waals surface area contributed by atoms with Crippen molar-refractivity contribution in [3.8, 4) is 0 Å². The van der Waals surface area contributed by atoms with Crippen molar-refractivity contribution in [3.63, 3.8) is 0 Å². The van der Waals surface area contributed by atoms with E-state index in [1.165, 1.54) is 11.1 Å². The van der Waals surface area contributed by atoms with Gasteiger partial charge in [0.15, 0.2) is 5.11 Å². The Morgan fingerprint density at radius 1 is 1.04 bits per heavy atom. The maximum atomic E-state index is 6.02. The minimum absolute atomic E-state index is 0.539. The first-order chi connectivity index (χ1) is 12.6. The molecule has 3 N–H and O–H groups in total. The molecule has 1 aliphatic rings. The number of nitrogens with one attached hydrogen (secondary N) is 3. The Hall–Kier alpha value is -1.37. The van der Waals surface area contributed by atoms with Crippen LogP contribution in [-0.2, 0) is 17.8 Å². The van der Waals surface area contributed by atoms with Gasteiger partial charge < -0.3 is 20.3 Å². The summed E-state index contributed by atoms with van der Waals surface area (Å²) >= 11 is 17.4. The van der Waals surface area contributed by atoms with E-state index in [1.54, 1.807) is 23.1 Å².